The van der Waals surface area contributed by atoms with Crippen LogP contribution in [0.2, 0.25) is 0 Å². The first-order valence-corrected chi connectivity index (χ1v) is 6.69. The van der Waals surface area contributed by atoms with Crippen LogP contribution in [0.5, 0.6) is 0 Å². The zero-order valence-corrected chi connectivity index (χ0v) is 10.7. The fraction of sp³-hybridized carbons (Fsp3) is 0.533. The lowest BCUT2D eigenvalue weighted by Gasteiger charge is -2.46. The van der Waals surface area contributed by atoms with Crippen molar-refractivity contribution in [3.63, 3.8) is 0 Å². The molecular weight excluding hydrogens is 226 g/mol. The van der Waals surface area contributed by atoms with Gasteiger partial charge in [-0.15, -0.1) is 0 Å². The smallest absolute Gasteiger partial charge is 0.226 e. The third kappa shape index (κ3) is 1.93. The van der Waals surface area contributed by atoms with E-state index in [4.69, 9.17) is 0 Å². The molecule has 1 saturated carbocycles. The fourth-order valence-corrected chi connectivity index (χ4v) is 2.81. The quantitative estimate of drug-likeness (QED) is 0.881. The Morgan fingerprint density at radius 3 is 2.67 bits per heavy atom. The molecule has 0 bridgehead atoms. The van der Waals surface area contributed by atoms with Gasteiger partial charge in [-0.2, -0.15) is 0 Å². The Labute approximate surface area is 107 Å². The van der Waals surface area contributed by atoms with Crippen LogP contribution in [0.15, 0.2) is 30.3 Å². The van der Waals surface area contributed by atoms with Crippen LogP contribution in [0.3, 0.4) is 0 Å². The Kier molecular flexibility index (Phi) is 2.67. The number of nitrogens with zero attached hydrogens (tertiary/aromatic N) is 1. The van der Waals surface area contributed by atoms with Crippen LogP contribution >= 0.6 is 0 Å². The highest BCUT2D eigenvalue weighted by molar-refractivity contribution is 5.84. The van der Waals surface area contributed by atoms with Gasteiger partial charge in [0.15, 0.2) is 0 Å². The van der Waals surface area contributed by atoms with Crippen molar-refractivity contribution in [3.05, 3.63) is 35.9 Å². The van der Waals surface area contributed by atoms with E-state index in [1.165, 1.54) is 5.56 Å². The normalized spacial score (nSPS) is 28.7. The summed E-state index contributed by atoms with van der Waals surface area (Å²) >= 11 is 0. The third-order valence-electron chi connectivity index (χ3n) is 4.28. The summed E-state index contributed by atoms with van der Waals surface area (Å²) in [5.74, 6) is 0.768. The molecule has 0 aromatic heterocycles. The van der Waals surface area contributed by atoms with Crippen molar-refractivity contribution in [2.45, 2.75) is 31.3 Å². The molecule has 2 aliphatic rings. The Morgan fingerprint density at radius 2 is 2.06 bits per heavy atom. The molecule has 3 heteroatoms. The number of aliphatic hydroxyl groups is 1. The highest BCUT2D eigenvalue weighted by Gasteiger charge is 2.50. The molecule has 1 N–H and O–H groups in total. The topological polar surface area (TPSA) is 40.5 Å². The van der Waals surface area contributed by atoms with Crippen LogP contribution in [0.25, 0.3) is 0 Å². The monoisotopic (exact) mass is 245 g/mol. The van der Waals surface area contributed by atoms with E-state index in [0.29, 0.717) is 19.0 Å². The molecule has 0 radical (unpaired) electrons. The molecule has 96 valence electrons. The molecule has 2 unspecified atom stereocenters. The van der Waals surface area contributed by atoms with Gasteiger partial charge in [-0.1, -0.05) is 37.3 Å². The second kappa shape index (κ2) is 4.09. The summed E-state index contributed by atoms with van der Waals surface area (Å²) in [4.78, 5) is 14.0. The van der Waals surface area contributed by atoms with E-state index in [-0.39, 0.29) is 11.8 Å². The number of carbonyl (C=O) groups excluding carboxylic acids is 1. The first kappa shape index (κ1) is 11.7. The van der Waals surface area contributed by atoms with Crippen LogP contribution < -0.4 is 0 Å². The van der Waals surface area contributed by atoms with Crippen molar-refractivity contribution in [2.24, 2.45) is 5.92 Å². The molecule has 1 aliphatic heterocycles. The predicted molar refractivity (Wildman–Crippen MR) is 69.1 cm³/mol. The van der Waals surface area contributed by atoms with Gasteiger partial charge in [-0.25, -0.2) is 0 Å². The van der Waals surface area contributed by atoms with E-state index in [1.807, 2.05) is 25.1 Å². The molecule has 3 nitrogen and oxygen atoms in total. The first-order chi connectivity index (χ1) is 8.63. The van der Waals surface area contributed by atoms with Gasteiger partial charge in [0, 0.05) is 5.92 Å². The average Bonchev–Trinajstić information content (AvgIpc) is 3.15. The Balaban J connectivity index is 1.58. The lowest BCUT2D eigenvalue weighted by atomic mass is 9.91. The number of benzene rings is 1. The number of rotatable bonds is 3. The van der Waals surface area contributed by atoms with Gasteiger partial charge in [-0.3, -0.25) is 4.79 Å². The van der Waals surface area contributed by atoms with Crippen LogP contribution in [0.1, 0.15) is 31.2 Å². The van der Waals surface area contributed by atoms with Gasteiger partial charge in [0.1, 0.15) is 0 Å². The number of β-amino-alcohol motifs (C(OH)–C–C–N with tert-alkyl or cyclic N) is 1. The molecule has 3 rings (SSSR count). The summed E-state index contributed by atoms with van der Waals surface area (Å²) in [6.07, 6.45) is 1.69. The number of carbonyl (C=O) groups is 1. The molecule has 1 aromatic carbocycles. The number of likely N-dealkylation sites (tertiary alicyclic amines) is 1. The summed E-state index contributed by atoms with van der Waals surface area (Å²) in [5.41, 5.74) is 0.648. The van der Waals surface area contributed by atoms with Crippen molar-refractivity contribution < 1.29 is 9.90 Å². The first-order valence-electron chi connectivity index (χ1n) is 6.69. The second-order valence-corrected chi connectivity index (χ2v) is 5.63. The molecule has 0 spiro atoms. The molecule has 1 aromatic rings. The van der Waals surface area contributed by atoms with Gasteiger partial charge < -0.3 is 10.0 Å². The summed E-state index contributed by atoms with van der Waals surface area (Å²) < 4.78 is 0. The summed E-state index contributed by atoms with van der Waals surface area (Å²) in [7, 11) is 0. The molecule has 1 amide bonds. The van der Waals surface area contributed by atoms with Crippen LogP contribution in [-0.4, -0.2) is 34.6 Å². The molecule has 1 heterocycles. The van der Waals surface area contributed by atoms with E-state index in [1.54, 1.807) is 4.90 Å². The minimum atomic E-state index is -0.618. The SMILES string of the molecule is CCC1(O)CN(C(=O)C2CC2c2ccccc2)C1. The van der Waals surface area contributed by atoms with Crippen molar-refractivity contribution in [2.75, 3.05) is 13.1 Å². The maximum absolute atomic E-state index is 12.2. The van der Waals surface area contributed by atoms with Crippen molar-refractivity contribution in [3.8, 4) is 0 Å². The number of hydrogen-bond donors (Lipinski definition) is 1. The highest BCUT2D eigenvalue weighted by Crippen LogP contribution is 2.49. The van der Waals surface area contributed by atoms with Crippen molar-refractivity contribution >= 4 is 5.91 Å². The Bertz CT molecular complexity index is 451. The van der Waals surface area contributed by atoms with Gasteiger partial charge in [-0.05, 0) is 24.3 Å². The lowest BCUT2D eigenvalue weighted by Crippen LogP contribution is -2.63. The molecule has 2 atom stereocenters. The minimum Gasteiger partial charge on any atom is -0.386 e. The zero-order chi connectivity index (χ0) is 12.8. The molecular formula is C15H19NO2. The standard InChI is InChI=1S/C15H19NO2/c1-2-15(18)9-16(10-15)14(17)13-8-12(13)11-6-4-3-5-7-11/h3-7,12-13,18H,2,8-10H2,1H3. The number of hydrogen-bond acceptors (Lipinski definition) is 2. The van der Waals surface area contributed by atoms with Crippen LogP contribution in [-0.2, 0) is 4.79 Å². The largest absolute Gasteiger partial charge is 0.386 e. The zero-order valence-electron chi connectivity index (χ0n) is 10.7. The second-order valence-electron chi connectivity index (χ2n) is 5.63. The van der Waals surface area contributed by atoms with E-state index >= 15 is 0 Å². The lowest BCUT2D eigenvalue weighted by molar-refractivity contribution is -0.157. The number of amides is 1. The average molecular weight is 245 g/mol. The van der Waals surface area contributed by atoms with E-state index in [9.17, 15) is 9.90 Å². The Hall–Kier alpha value is -1.35. The molecule has 1 aliphatic carbocycles. The van der Waals surface area contributed by atoms with Gasteiger partial charge >= 0.3 is 0 Å². The van der Waals surface area contributed by atoms with Crippen LogP contribution in [0, 0.1) is 5.92 Å². The van der Waals surface area contributed by atoms with Gasteiger partial charge in [0.2, 0.25) is 5.91 Å². The molecule has 1 saturated heterocycles. The van der Waals surface area contributed by atoms with Crippen molar-refractivity contribution in [1.29, 1.82) is 0 Å². The van der Waals surface area contributed by atoms with E-state index in [2.05, 4.69) is 12.1 Å². The molecule has 2 fully saturated rings. The minimum absolute atomic E-state index is 0.147. The fourth-order valence-electron chi connectivity index (χ4n) is 2.81. The van der Waals surface area contributed by atoms with Crippen LogP contribution in [0.4, 0.5) is 0 Å². The maximum Gasteiger partial charge on any atom is 0.226 e. The summed E-state index contributed by atoms with van der Waals surface area (Å²) in [6.45, 7) is 2.99. The van der Waals surface area contributed by atoms with Gasteiger partial charge in [0.25, 0.3) is 0 Å². The predicted octanol–water partition coefficient (Wildman–Crippen LogP) is 1.77. The molecule has 18 heavy (non-hydrogen) atoms. The summed E-state index contributed by atoms with van der Waals surface area (Å²) in [5, 5.41) is 9.93. The summed E-state index contributed by atoms with van der Waals surface area (Å²) in [6, 6.07) is 10.2. The Morgan fingerprint density at radius 1 is 1.39 bits per heavy atom. The third-order valence-corrected chi connectivity index (χ3v) is 4.28. The van der Waals surface area contributed by atoms with E-state index < -0.39 is 5.60 Å². The van der Waals surface area contributed by atoms with Gasteiger partial charge in [0.05, 0.1) is 18.7 Å². The van der Waals surface area contributed by atoms with Crippen molar-refractivity contribution in [1.82, 2.24) is 4.90 Å². The van der Waals surface area contributed by atoms with E-state index in [0.717, 1.165) is 12.8 Å². The maximum atomic E-state index is 12.2. The highest BCUT2D eigenvalue weighted by atomic mass is 16.3.